The van der Waals surface area contributed by atoms with Crippen molar-refractivity contribution in [2.75, 3.05) is 0 Å². The second-order valence-corrected chi connectivity index (χ2v) is 4.17. The van der Waals surface area contributed by atoms with E-state index in [0.29, 0.717) is 6.54 Å². The minimum absolute atomic E-state index is 0.0569. The molecule has 1 heterocycles. The van der Waals surface area contributed by atoms with Gasteiger partial charge in [-0.15, -0.1) is 0 Å². The number of aryl methyl sites for hydroxylation is 1. The highest BCUT2D eigenvalue weighted by atomic mass is 32.1. The van der Waals surface area contributed by atoms with Gasteiger partial charge in [0, 0.05) is 17.1 Å². The standard InChI is InChI=1S/C8H13N3O3S/c1-5-6(2)15-8(13)11(5)4-3-7(12)14-10-9/h10H,3-4,9H2,1-2H3. The quantitative estimate of drug-likeness (QED) is 0.555. The van der Waals surface area contributed by atoms with Crippen LogP contribution in [0.15, 0.2) is 4.79 Å². The summed E-state index contributed by atoms with van der Waals surface area (Å²) in [7, 11) is 0. The Balaban J connectivity index is 2.65. The Morgan fingerprint density at radius 1 is 1.60 bits per heavy atom. The van der Waals surface area contributed by atoms with E-state index >= 15 is 0 Å². The first kappa shape index (κ1) is 11.9. The number of hydrazine groups is 1. The minimum atomic E-state index is -0.493. The molecule has 0 aliphatic rings. The van der Waals surface area contributed by atoms with Gasteiger partial charge in [0.25, 0.3) is 0 Å². The molecular weight excluding hydrogens is 218 g/mol. The summed E-state index contributed by atoms with van der Waals surface area (Å²) in [5.74, 6) is 4.31. The van der Waals surface area contributed by atoms with E-state index in [1.54, 1.807) is 10.2 Å². The maximum Gasteiger partial charge on any atom is 0.328 e. The van der Waals surface area contributed by atoms with Crippen molar-refractivity contribution in [3.05, 3.63) is 20.2 Å². The second-order valence-electron chi connectivity index (χ2n) is 3.00. The maximum absolute atomic E-state index is 11.4. The summed E-state index contributed by atoms with van der Waals surface area (Å²) < 4.78 is 1.55. The maximum atomic E-state index is 11.4. The summed E-state index contributed by atoms with van der Waals surface area (Å²) in [6.45, 7) is 4.03. The fourth-order valence-electron chi connectivity index (χ4n) is 1.17. The van der Waals surface area contributed by atoms with Crippen LogP contribution in [0.1, 0.15) is 17.0 Å². The van der Waals surface area contributed by atoms with Gasteiger partial charge in [-0.2, -0.15) is 0 Å². The highest BCUT2D eigenvalue weighted by Crippen LogP contribution is 2.09. The van der Waals surface area contributed by atoms with E-state index in [2.05, 4.69) is 4.84 Å². The molecule has 6 nitrogen and oxygen atoms in total. The Kier molecular flexibility index (Phi) is 4.01. The Morgan fingerprint density at radius 3 is 2.73 bits per heavy atom. The van der Waals surface area contributed by atoms with E-state index in [1.165, 1.54) is 11.3 Å². The van der Waals surface area contributed by atoms with E-state index < -0.39 is 5.97 Å². The van der Waals surface area contributed by atoms with Crippen LogP contribution in [-0.4, -0.2) is 10.5 Å². The number of hydrogen-bond donors (Lipinski definition) is 2. The van der Waals surface area contributed by atoms with Crippen LogP contribution in [0.5, 0.6) is 0 Å². The Bertz CT molecular complexity index is 410. The third-order valence-electron chi connectivity index (χ3n) is 2.09. The molecule has 1 aromatic heterocycles. The summed E-state index contributed by atoms with van der Waals surface area (Å²) in [4.78, 5) is 27.6. The molecule has 0 spiro atoms. The van der Waals surface area contributed by atoms with Gasteiger partial charge >= 0.3 is 10.8 Å². The molecule has 0 aromatic carbocycles. The molecule has 0 atom stereocenters. The summed E-state index contributed by atoms with van der Waals surface area (Å²) in [6.07, 6.45) is 0.112. The third-order valence-corrected chi connectivity index (χ3v) is 3.08. The fraction of sp³-hybridized carbons (Fsp3) is 0.500. The molecule has 84 valence electrons. The van der Waals surface area contributed by atoms with Gasteiger partial charge in [-0.05, 0) is 13.8 Å². The SMILES string of the molecule is Cc1sc(=O)n(CCC(=O)ONN)c1C. The number of nitrogens with two attached hydrogens (primary N) is 1. The van der Waals surface area contributed by atoms with Gasteiger partial charge in [0.05, 0.1) is 6.42 Å². The predicted molar refractivity (Wildman–Crippen MR) is 56.1 cm³/mol. The summed E-state index contributed by atoms with van der Waals surface area (Å²) >= 11 is 1.18. The number of rotatable bonds is 4. The minimum Gasteiger partial charge on any atom is -0.356 e. The average Bonchev–Trinajstić information content (AvgIpc) is 2.40. The topological polar surface area (TPSA) is 86.3 Å². The first-order valence-electron chi connectivity index (χ1n) is 4.38. The summed E-state index contributed by atoms with van der Waals surface area (Å²) in [5, 5.41) is 0. The zero-order valence-electron chi connectivity index (χ0n) is 8.57. The van der Waals surface area contributed by atoms with Gasteiger partial charge in [0.15, 0.2) is 0 Å². The first-order valence-corrected chi connectivity index (χ1v) is 5.20. The lowest BCUT2D eigenvalue weighted by Gasteiger charge is -2.04. The van der Waals surface area contributed by atoms with E-state index in [-0.39, 0.29) is 11.3 Å². The number of carbonyl (C=O) groups is 1. The molecule has 0 saturated carbocycles. The van der Waals surface area contributed by atoms with E-state index in [0.717, 1.165) is 10.6 Å². The molecule has 0 unspecified atom stereocenters. The number of nitrogens with zero attached hydrogens (tertiary/aromatic N) is 1. The first-order chi connectivity index (χ1) is 7.06. The largest absolute Gasteiger partial charge is 0.356 e. The molecule has 0 aliphatic carbocycles. The lowest BCUT2D eigenvalue weighted by Crippen LogP contribution is -2.27. The van der Waals surface area contributed by atoms with Gasteiger partial charge in [0.1, 0.15) is 0 Å². The van der Waals surface area contributed by atoms with Crippen molar-refractivity contribution < 1.29 is 9.63 Å². The Morgan fingerprint density at radius 2 is 2.27 bits per heavy atom. The number of nitrogens with one attached hydrogen (secondary N) is 1. The Labute approximate surface area is 90.6 Å². The fourth-order valence-corrected chi connectivity index (χ4v) is 2.02. The Hall–Kier alpha value is -1.18. The summed E-state index contributed by atoms with van der Waals surface area (Å²) in [6, 6.07) is 0. The lowest BCUT2D eigenvalue weighted by atomic mass is 10.3. The van der Waals surface area contributed by atoms with Crippen molar-refractivity contribution in [2.24, 2.45) is 5.84 Å². The van der Waals surface area contributed by atoms with Gasteiger partial charge in [-0.1, -0.05) is 16.9 Å². The van der Waals surface area contributed by atoms with Crippen molar-refractivity contribution in [1.82, 2.24) is 10.2 Å². The van der Waals surface area contributed by atoms with Crippen LogP contribution in [0.4, 0.5) is 0 Å². The highest BCUT2D eigenvalue weighted by Gasteiger charge is 2.09. The molecule has 0 saturated heterocycles. The highest BCUT2D eigenvalue weighted by molar-refractivity contribution is 7.09. The molecule has 7 heteroatoms. The monoisotopic (exact) mass is 231 g/mol. The number of thiazole rings is 1. The van der Waals surface area contributed by atoms with Gasteiger partial charge in [0.2, 0.25) is 0 Å². The molecule has 15 heavy (non-hydrogen) atoms. The van der Waals surface area contributed by atoms with Crippen molar-refractivity contribution in [3.63, 3.8) is 0 Å². The number of hydrogen-bond acceptors (Lipinski definition) is 6. The van der Waals surface area contributed by atoms with Crippen LogP contribution in [0, 0.1) is 13.8 Å². The smallest absolute Gasteiger partial charge is 0.328 e. The second kappa shape index (κ2) is 5.06. The van der Waals surface area contributed by atoms with Crippen LogP contribution in [-0.2, 0) is 16.2 Å². The molecular formula is C8H13N3O3S. The predicted octanol–water partition coefficient (Wildman–Crippen LogP) is -0.162. The van der Waals surface area contributed by atoms with Crippen LogP contribution in [0.25, 0.3) is 0 Å². The molecule has 1 aromatic rings. The van der Waals surface area contributed by atoms with E-state index in [9.17, 15) is 9.59 Å². The van der Waals surface area contributed by atoms with Gasteiger partial charge < -0.3 is 9.40 Å². The van der Waals surface area contributed by atoms with Crippen LogP contribution < -0.4 is 16.3 Å². The normalized spacial score (nSPS) is 10.3. The lowest BCUT2D eigenvalue weighted by molar-refractivity contribution is -0.151. The zero-order valence-corrected chi connectivity index (χ0v) is 9.39. The van der Waals surface area contributed by atoms with Gasteiger partial charge in [-0.25, -0.2) is 5.84 Å². The van der Waals surface area contributed by atoms with Crippen LogP contribution >= 0.6 is 11.3 Å². The van der Waals surface area contributed by atoms with E-state index in [1.807, 2.05) is 13.8 Å². The average molecular weight is 231 g/mol. The third kappa shape index (κ3) is 2.88. The van der Waals surface area contributed by atoms with Crippen molar-refractivity contribution in [1.29, 1.82) is 0 Å². The van der Waals surface area contributed by atoms with Gasteiger partial charge in [-0.3, -0.25) is 9.59 Å². The molecule has 0 radical (unpaired) electrons. The zero-order chi connectivity index (χ0) is 11.4. The van der Waals surface area contributed by atoms with Crippen LogP contribution in [0.2, 0.25) is 0 Å². The summed E-state index contributed by atoms with van der Waals surface area (Å²) in [5.41, 5.74) is 2.69. The number of aromatic nitrogens is 1. The molecule has 0 amide bonds. The van der Waals surface area contributed by atoms with Crippen molar-refractivity contribution >= 4 is 17.3 Å². The van der Waals surface area contributed by atoms with Crippen LogP contribution in [0.3, 0.4) is 0 Å². The molecule has 0 fully saturated rings. The molecule has 1 rings (SSSR count). The molecule has 0 bridgehead atoms. The van der Waals surface area contributed by atoms with E-state index in [4.69, 9.17) is 5.84 Å². The molecule has 3 N–H and O–H groups in total. The van der Waals surface area contributed by atoms with Crippen molar-refractivity contribution in [2.45, 2.75) is 26.8 Å². The number of carbonyl (C=O) groups excluding carboxylic acids is 1. The molecule has 0 aliphatic heterocycles. The van der Waals surface area contributed by atoms with Crippen molar-refractivity contribution in [3.8, 4) is 0 Å².